The molecular formula is C15H31N3O. The van der Waals surface area contributed by atoms with Crippen molar-refractivity contribution in [2.75, 3.05) is 6.54 Å². The number of hydrogen-bond acceptors (Lipinski definition) is 2. The van der Waals surface area contributed by atoms with Crippen LogP contribution in [0.15, 0.2) is 0 Å². The number of amides is 2. The Morgan fingerprint density at radius 3 is 2.32 bits per heavy atom. The number of nitrogens with one attached hydrogen (secondary N) is 2. The molecule has 19 heavy (non-hydrogen) atoms. The van der Waals surface area contributed by atoms with Crippen LogP contribution in [0.3, 0.4) is 0 Å². The van der Waals surface area contributed by atoms with Gasteiger partial charge < -0.3 is 16.4 Å². The van der Waals surface area contributed by atoms with Crippen LogP contribution in [0.4, 0.5) is 4.79 Å². The Labute approximate surface area is 117 Å². The van der Waals surface area contributed by atoms with E-state index in [1.807, 2.05) is 20.8 Å². The van der Waals surface area contributed by atoms with Gasteiger partial charge in [-0.1, -0.05) is 13.8 Å². The molecule has 4 nitrogen and oxygen atoms in total. The van der Waals surface area contributed by atoms with E-state index < -0.39 is 0 Å². The maximum absolute atomic E-state index is 11.7. The van der Waals surface area contributed by atoms with Crippen molar-refractivity contribution in [3.8, 4) is 0 Å². The fourth-order valence-corrected chi connectivity index (χ4v) is 2.61. The zero-order valence-corrected chi connectivity index (χ0v) is 13.2. The van der Waals surface area contributed by atoms with Gasteiger partial charge in [0.05, 0.1) is 0 Å². The number of rotatable bonds is 3. The Morgan fingerprint density at radius 1 is 1.32 bits per heavy atom. The van der Waals surface area contributed by atoms with Crippen LogP contribution in [0.5, 0.6) is 0 Å². The fourth-order valence-electron chi connectivity index (χ4n) is 2.61. The zero-order chi connectivity index (χ0) is 14.7. The van der Waals surface area contributed by atoms with Crippen molar-refractivity contribution >= 4 is 6.03 Å². The van der Waals surface area contributed by atoms with E-state index in [4.69, 9.17) is 5.73 Å². The molecule has 1 aliphatic rings. The van der Waals surface area contributed by atoms with E-state index in [1.165, 1.54) is 25.7 Å². The Balaban J connectivity index is 2.28. The third kappa shape index (κ3) is 6.28. The van der Waals surface area contributed by atoms with Gasteiger partial charge in [0.15, 0.2) is 0 Å². The lowest BCUT2D eigenvalue weighted by atomic mass is 9.71. The molecule has 2 amide bonds. The number of carbonyl (C=O) groups is 1. The standard InChI is InChI=1S/C15H31N3O/c1-14(2,3)18-13(19)17-10-12(16)11-6-8-15(4,5)9-7-11/h11-12H,6-10,16H2,1-5H3,(H2,17,18,19). The van der Waals surface area contributed by atoms with Gasteiger partial charge in [0.1, 0.15) is 0 Å². The van der Waals surface area contributed by atoms with Crippen molar-refractivity contribution in [2.24, 2.45) is 17.1 Å². The maximum Gasteiger partial charge on any atom is 0.315 e. The van der Waals surface area contributed by atoms with Crippen LogP contribution in [-0.4, -0.2) is 24.2 Å². The fraction of sp³-hybridized carbons (Fsp3) is 0.933. The minimum atomic E-state index is -0.205. The summed E-state index contributed by atoms with van der Waals surface area (Å²) in [4.78, 5) is 11.7. The molecular weight excluding hydrogens is 238 g/mol. The summed E-state index contributed by atoms with van der Waals surface area (Å²) in [6, 6.07) is -0.0547. The van der Waals surface area contributed by atoms with Crippen LogP contribution in [0.1, 0.15) is 60.3 Å². The molecule has 0 aromatic heterocycles. The summed E-state index contributed by atoms with van der Waals surface area (Å²) < 4.78 is 0. The Bertz CT molecular complexity index is 297. The molecule has 1 rings (SSSR count). The highest BCUT2D eigenvalue weighted by Crippen LogP contribution is 2.38. The minimum Gasteiger partial charge on any atom is -0.337 e. The molecule has 1 aliphatic carbocycles. The molecule has 0 radical (unpaired) electrons. The molecule has 1 saturated carbocycles. The van der Waals surface area contributed by atoms with E-state index in [9.17, 15) is 4.79 Å². The molecule has 4 N–H and O–H groups in total. The average molecular weight is 269 g/mol. The van der Waals surface area contributed by atoms with Gasteiger partial charge >= 0.3 is 6.03 Å². The van der Waals surface area contributed by atoms with Crippen LogP contribution in [0, 0.1) is 11.3 Å². The molecule has 1 atom stereocenters. The van der Waals surface area contributed by atoms with Gasteiger partial charge in [-0.2, -0.15) is 0 Å². The zero-order valence-electron chi connectivity index (χ0n) is 13.2. The van der Waals surface area contributed by atoms with Crippen LogP contribution >= 0.6 is 0 Å². The molecule has 1 fully saturated rings. The lowest BCUT2D eigenvalue weighted by Crippen LogP contribution is -2.50. The number of nitrogens with two attached hydrogens (primary N) is 1. The summed E-state index contributed by atoms with van der Waals surface area (Å²) >= 11 is 0. The van der Waals surface area contributed by atoms with Gasteiger partial charge in [-0.3, -0.25) is 0 Å². The molecule has 0 heterocycles. The van der Waals surface area contributed by atoms with Crippen LogP contribution in [0.2, 0.25) is 0 Å². The lowest BCUT2D eigenvalue weighted by molar-refractivity contribution is 0.171. The van der Waals surface area contributed by atoms with Crippen molar-refractivity contribution in [1.82, 2.24) is 10.6 Å². The van der Waals surface area contributed by atoms with Gasteiger partial charge in [-0.05, 0) is 57.8 Å². The van der Waals surface area contributed by atoms with Gasteiger partial charge in [0, 0.05) is 18.1 Å². The van der Waals surface area contributed by atoms with Crippen molar-refractivity contribution in [3.05, 3.63) is 0 Å². The van der Waals surface area contributed by atoms with Gasteiger partial charge in [0.25, 0.3) is 0 Å². The molecule has 1 unspecified atom stereocenters. The second-order valence-electron chi connectivity index (χ2n) is 7.75. The van der Waals surface area contributed by atoms with Crippen molar-refractivity contribution in [3.63, 3.8) is 0 Å². The molecule has 0 saturated heterocycles. The van der Waals surface area contributed by atoms with Gasteiger partial charge in [-0.15, -0.1) is 0 Å². The molecule has 0 aromatic carbocycles. The van der Waals surface area contributed by atoms with Crippen molar-refractivity contribution < 1.29 is 4.79 Å². The molecule has 4 heteroatoms. The number of urea groups is 1. The third-order valence-electron chi connectivity index (χ3n) is 3.98. The van der Waals surface area contributed by atoms with E-state index >= 15 is 0 Å². The second kappa shape index (κ2) is 6.12. The molecule has 0 bridgehead atoms. The predicted molar refractivity (Wildman–Crippen MR) is 80.0 cm³/mol. The van der Waals surface area contributed by atoms with Crippen LogP contribution in [0.25, 0.3) is 0 Å². The highest BCUT2D eigenvalue weighted by Gasteiger charge is 2.30. The quantitative estimate of drug-likeness (QED) is 0.737. The molecule has 0 aromatic rings. The van der Waals surface area contributed by atoms with E-state index in [0.29, 0.717) is 17.9 Å². The maximum atomic E-state index is 11.7. The first-order chi connectivity index (χ1) is 8.59. The summed E-state index contributed by atoms with van der Waals surface area (Å²) in [6.07, 6.45) is 4.83. The first-order valence-corrected chi connectivity index (χ1v) is 7.41. The van der Waals surface area contributed by atoms with E-state index in [2.05, 4.69) is 24.5 Å². The lowest BCUT2D eigenvalue weighted by Gasteiger charge is -2.37. The highest BCUT2D eigenvalue weighted by atomic mass is 16.2. The highest BCUT2D eigenvalue weighted by molar-refractivity contribution is 5.74. The molecule has 0 aliphatic heterocycles. The first-order valence-electron chi connectivity index (χ1n) is 7.41. The summed E-state index contributed by atoms with van der Waals surface area (Å²) in [5, 5.41) is 5.77. The molecule has 112 valence electrons. The van der Waals surface area contributed by atoms with Gasteiger partial charge in [0.2, 0.25) is 0 Å². The third-order valence-corrected chi connectivity index (χ3v) is 3.98. The summed E-state index contributed by atoms with van der Waals surface area (Å²) in [7, 11) is 0. The topological polar surface area (TPSA) is 67.1 Å². The second-order valence-corrected chi connectivity index (χ2v) is 7.75. The monoisotopic (exact) mass is 269 g/mol. The van der Waals surface area contributed by atoms with E-state index in [-0.39, 0.29) is 17.6 Å². The van der Waals surface area contributed by atoms with Crippen molar-refractivity contribution in [2.45, 2.75) is 71.9 Å². The van der Waals surface area contributed by atoms with E-state index in [0.717, 1.165) is 0 Å². The molecule has 0 spiro atoms. The summed E-state index contributed by atoms with van der Waals surface area (Å²) in [6.45, 7) is 11.1. The SMILES string of the molecule is CC1(C)CCC(C(N)CNC(=O)NC(C)(C)C)CC1. The van der Waals surface area contributed by atoms with Gasteiger partial charge in [-0.25, -0.2) is 4.79 Å². The number of carbonyl (C=O) groups excluding carboxylic acids is 1. The Hall–Kier alpha value is -0.770. The Kier molecular flexibility index (Phi) is 5.25. The predicted octanol–water partition coefficient (Wildman–Crippen LogP) is 2.63. The minimum absolute atomic E-state index is 0.0711. The average Bonchev–Trinajstić information content (AvgIpc) is 2.23. The first kappa shape index (κ1) is 16.3. The largest absolute Gasteiger partial charge is 0.337 e. The van der Waals surface area contributed by atoms with Crippen molar-refractivity contribution in [1.29, 1.82) is 0 Å². The Morgan fingerprint density at radius 2 is 1.84 bits per heavy atom. The normalized spacial score (nSPS) is 21.8. The van der Waals surface area contributed by atoms with E-state index in [1.54, 1.807) is 0 Å². The summed E-state index contributed by atoms with van der Waals surface area (Å²) in [5.41, 5.74) is 6.47. The van der Waals surface area contributed by atoms with Crippen LogP contribution in [-0.2, 0) is 0 Å². The smallest absolute Gasteiger partial charge is 0.315 e. The summed E-state index contributed by atoms with van der Waals surface area (Å²) in [5.74, 6) is 0.544. The van der Waals surface area contributed by atoms with Crippen LogP contribution < -0.4 is 16.4 Å². The number of hydrogen-bond donors (Lipinski definition) is 3.